The van der Waals surface area contributed by atoms with Crippen molar-refractivity contribution in [2.75, 3.05) is 14.2 Å². The van der Waals surface area contributed by atoms with Gasteiger partial charge in [-0.1, -0.05) is 12.1 Å². The third-order valence-electron chi connectivity index (χ3n) is 2.93. The van der Waals surface area contributed by atoms with Crippen LogP contribution in [0.1, 0.15) is 17.2 Å². The number of hydrogen-bond donors (Lipinski definition) is 1. The van der Waals surface area contributed by atoms with E-state index in [1.165, 1.54) is 14.2 Å². The molecule has 20 heavy (non-hydrogen) atoms. The van der Waals surface area contributed by atoms with Gasteiger partial charge in [0.25, 0.3) is 0 Å². The number of benzene rings is 2. The van der Waals surface area contributed by atoms with Gasteiger partial charge in [-0.2, -0.15) is 0 Å². The van der Waals surface area contributed by atoms with Gasteiger partial charge in [-0.15, -0.1) is 0 Å². The molecular formula is C15H14F2O3. The standard InChI is InChI=1S/C15H14F2O3/c1-19-13-5-3-4-12(15(13)20-2)14(18)9-6-10(16)8-11(17)7-9/h3-8,14,18H,1-2H3. The summed E-state index contributed by atoms with van der Waals surface area (Å²) in [5.41, 5.74) is 0.478. The van der Waals surface area contributed by atoms with Crippen molar-refractivity contribution in [3.05, 3.63) is 59.2 Å². The Kier molecular flexibility index (Phi) is 4.20. The Hall–Kier alpha value is -2.14. The minimum atomic E-state index is -1.22. The molecule has 0 amide bonds. The topological polar surface area (TPSA) is 38.7 Å². The van der Waals surface area contributed by atoms with E-state index in [2.05, 4.69) is 0 Å². The zero-order chi connectivity index (χ0) is 14.7. The Morgan fingerprint density at radius 1 is 1.00 bits per heavy atom. The molecule has 0 saturated carbocycles. The Morgan fingerprint density at radius 3 is 2.20 bits per heavy atom. The van der Waals surface area contributed by atoms with Gasteiger partial charge in [0.05, 0.1) is 14.2 Å². The van der Waals surface area contributed by atoms with Gasteiger partial charge in [-0.05, 0) is 23.8 Å². The quantitative estimate of drug-likeness (QED) is 0.935. The third-order valence-corrected chi connectivity index (χ3v) is 2.93. The fourth-order valence-corrected chi connectivity index (χ4v) is 2.04. The molecule has 106 valence electrons. The Morgan fingerprint density at radius 2 is 1.65 bits per heavy atom. The number of halogens is 2. The van der Waals surface area contributed by atoms with Gasteiger partial charge < -0.3 is 14.6 Å². The molecule has 0 bridgehead atoms. The summed E-state index contributed by atoms with van der Waals surface area (Å²) in [5.74, 6) is -0.741. The highest BCUT2D eigenvalue weighted by molar-refractivity contribution is 5.50. The predicted octanol–water partition coefficient (Wildman–Crippen LogP) is 3.06. The summed E-state index contributed by atoms with van der Waals surface area (Å²) in [5, 5.41) is 10.3. The molecule has 1 N–H and O–H groups in total. The van der Waals surface area contributed by atoms with E-state index in [1.54, 1.807) is 18.2 Å². The van der Waals surface area contributed by atoms with Gasteiger partial charge in [-0.25, -0.2) is 8.78 Å². The summed E-state index contributed by atoms with van der Waals surface area (Å²) in [6, 6.07) is 7.84. The van der Waals surface area contributed by atoms with Crippen molar-refractivity contribution in [1.82, 2.24) is 0 Å². The number of para-hydroxylation sites is 1. The highest BCUT2D eigenvalue weighted by Gasteiger charge is 2.19. The van der Waals surface area contributed by atoms with Crippen LogP contribution in [-0.4, -0.2) is 19.3 Å². The van der Waals surface area contributed by atoms with E-state index in [-0.39, 0.29) is 5.56 Å². The maximum atomic E-state index is 13.2. The van der Waals surface area contributed by atoms with Gasteiger partial charge in [0.1, 0.15) is 17.7 Å². The largest absolute Gasteiger partial charge is 0.493 e. The van der Waals surface area contributed by atoms with Gasteiger partial charge in [0.2, 0.25) is 0 Å². The first kappa shape index (κ1) is 14.3. The number of ether oxygens (including phenoxy) is 2. The van der Waals surface area contributed by atoms with Crippen LogP contribution < -0.4 is 9.47 Å². The third kappa shape index (κ3) is 2.72. The minimum absolute atomic E-state index is 0.106. The number of aliphatic hydroxyl groups is 1. The van der Waals surface area contributed by atoms with Crippen LogP contribution in [0, 0.1) is 11.6 Å². The van der Waals surface area contributed by atoms with Gasteiger partial charge in [0.15, 0.2) is 11.5 Å². The fourth-order valence-electron chi connectivity index (χ4n) is 2.04. The number of aliphatic hydroxyl groups excluding tert-OH is 1. The highest BCUT2D eigenvalue weighted by atomic mass is 19.1. The monoisotopic (exact) mass is 280 g/mol. The van der Waals surface area contributed by atoms with Gasteiger partial charge in [-0.3, -0.25) is 0 Å². The number of hydrogen-bond acceptors (Lipinski definition) is 3. The molecule has 0 radical (unpaired) electrons. The van der Waals surface area contributed by atoms with Crippen molar-refractivity contribution >= 4 is 0 Å². The molecular weight excluding hydrogens is 266 g/mol. The molecule has 0 aliphatic carbocycles. The summed E-state index contributed by atoms with van der Waals surface area (Å²) in [4.78, 5) is 0. The highest BCUT2D eigenvalue weighted by Crippen LogP contribution is 2.37. The molecule has 1 unspecified atom stereocenters. The van der Waals surface area contributed by atoms with Crippen LogP contribution in [0.15, 0.2) is 36.4 Å². The zero-order valence-corrected chi connectivity index (χ0v) is 11.1. The summed E-state index contributed by atoms with van der Waals surface area (Å²) >= 11 is 0. The maximum Gasteiger partial charge on any atom is 0.166 e. The first-order valence-electron chi connectivity index (χ1n) is 5.91. The van der Waals surface area contributed by atoms with Crippen LogP contribution in [0.4, 0.5) is 8.78 Å². The van der Waals surface area contributed by atoms with E-state index in [1.807, 2.05) is 0 Å². The Balaban J connectivity index is 2.50. The van der Waals surface area contributed by atoms with Crippen molar-refractivity contribution < 1.29 is 23.4 Å². The lowest BCUT2D eigenvalue weighted by atomic mass is 10.00. The van der Waals surface area contributed by atoms with Gasteiger partial charge in [0, 0.05) is 11.6 Å². The average Bonchev–Trinajstić information content (AvgIpc) is 2.44. The van der Waals surface area contributed by atoms with Crippen LogP contribution in [0.5, 0.6) is 11.5 Å². The molecule has 0 saturated heterocycles. The van der Waals surface area contributed by atoms with Crippen LogP contribution in [0.3, 0.4) is 0 Å². The zero-order valence-electron chi connectivity index (χ0n) is 11.1. The smallest absolute Gasteiger partial charge is 0.166 e. The van der Waals surface area contributed by atoms with Crippen molar-refractivity contribution in [3.63, 3.8) is 0 Å². The van der Waals surface area contributed by atoms with Crippen LogP contribution in [-0.2, 0) is 0 Å². The van der Waals surface area contributed by atoms with Crippen molar-refractivity contribution in [2.24, 2.45) is 0 Å². The molecule has 0 aromatic heterocycles. The Bertz CT molecular complexity index is 594. The second-order valence-electron chi connectivity index (χ2n) is 4.19. The SMILES string of the molecule is COc1cccc(C(O)c2cc(F)cc(F)c2)c1OC. The first-order valence-corrected chi connectivity index (χ1v) is 5.91. The molecule has 0 heterocycles. The second kappa shape index (κ2) is 5.88. The molecule has 2 aromatic rings. The molecule has 2 aromatic carbocycles. The minimum Gasteiger partial charge on any atom is -0.493 e. The van der Waals surface area contributed by atoms with Crippen molar-refractivity contribution in [1.29, 1.82) is 0 Å². The molecule has 2 rings (SSSR count). The summed E-state index contributed by atoms with van der Waals surface area (Å²) in [6.45, 7) is 0. The van der Waals surface area contributed by atoms with E-state index < -0.39 is 17.7 Å². The van der Waals surface area contributed by atoms with E-state index in [9.17, 15) is 13.9 Å². The van der Waals surface area contributed by atoms with E-state index in [4.69, 9.17) is 9.47 Å². The second-order valence-corrected chi connectivity index (χ2v) is 4.19. The summed E-state index contributed by atoms with van der Waals surface area (Å²) in [7, 11) is 2.90. The average molecular weight is 280 g/mol. The fraction of sp³-hybridized carbons (Fsp3) is 0.200. The van der Waals surface area contributed by atoms with Crippen LogP contribution in [0.2, 0.25) is 0 Å². The molecule has 5 heteroatoms. The molecule has 1 atom stereocenters. The molecule has 0 aliphatic rings. The summed E-state index contributed by atoms with van der Waals surface area (Å²) in [6.07, 6.45) is -1.22. The molecule has 0 spiro atoms. The van der Waals surface area contributed by atoms with E-state index in [0.29, 0.717) is 17.1 Å². The lowest BCUT2D eigenvalue weighted by Gasteiger charge is -2.17. The van der Waals surface area contributed by atoms with Crippen LogP contribution in [0.25, 0.3) is 0 Å². The van der Waals surface area contributed by atoms with Crippen molar-refractivity contribution in [3.8, 4) is 11.5 Å². The normalized spacial score (nSPS) is 12.1. The van der Waals surface area contributed by atoms with Crippen LogP contribution >= 0.6 is 0 Å². The lowest BCUT2D eigenvalue weighted by Crippen LogP contribution is -2.04. The molecule has 3 nitrogen and oxygen atoms in total. The number of rotatable bonds is 4. The first-order chi connectivity index (χ1) is 9.56. The maximum absolute atomic E-state index is 13.2. The Labute approximate surface area is 115 Å². The molecule has 0 aliphatic heterocycles. The van der Waals surface area contributed by atoms with E-state index >= 15 is 0 Å². The lowest BCUT2D eigenvalue weighted by molar-refractivity contribution is 0.212. The molecule has 0 fully saturated rings. The van der Waals surface area contributed by atoms with Crippen molar-refractivity contribution in [2.45, 2.75) is 6.10 Å². The summed E-state index contributed by atoms with van der Waals surface area (Å²) < 4.78 is 36.8. The van der Waals surface area contributed by atoms with Gasteiger partial charge >= 0.3 is 0 Å². The predicted molar refractivity (Wildman–Crippen MR) is 70.0 cm³/mol. The number of methoxy groups -OCH3 is 2. The van der Waals surface area contributed by atoms with E-state index in [0.717, 1.165) is 18.2 Å².